The van der Waals surface area contributed by atoms with Gasteiger partial charge in [-0.25, -0.2) is 19.2 Å². The van der Waals surface area contributed by atoms with Gasteiger partial charge in [0.2, 0.25) is 0 Å². The molecule has 0 amide bonds. The summed E-state index contributed by atoms with van der Waals surface area (Å²) in [6.45, 7) is 22.3. The molecule has 0 aliphatic rings. The van der Waals surface area contributed by atoms with E-state index in [0.29, 0.717) is 24.3 Å². The minimum Gasteiger partial charge on any atom is -0.478 e. The lowest BCUT2D eigenvalue weighted by molar-refractivity contribution is -0.154. The fourth-order valence-electron chi connectivity index (χ4n) is 8.35. The molecule has 0 heterocycles. The third kappa shape index (κ3) is 43.2. The largest absolute Gasteiger partial charge is 0.478 e. The average Bonchev–Trinajstić information content (AvgIpc) is 0.833. The van der Waals surface area contributed by atoms with Gasteiger partial charge in [0, 0.05) is 67.7 Å². The van der Waals surface area contributed by atoms with Crippen LogP contribution < -0.4 is 0 Å². The summed E-state index contributed by atoms with van der Waals surface area (Å²) in [6.07, 6.45) is -3.97. The Balaban J connectivity index is 0.00000144. The van der Waals surface area contributed by atoms with Gasteiger partial charge in [-0.2, -0.15) is 79.0 Å². The second-order valence-electron chi connectivity index (χ2n) is 28.9. The van der Waals surface area contributed by atoms with Gasteiger partial charge in [0.05, 0.1) is 89.8 Å². The number of benzene rings is 6. The van der Waals surface area contributed by atoms with Crippen LogP contribution in [-0.2, 0) is 70.3 Å². The Morgan fingerprint density at radius 3 is 0.828 bits per heavy atom. The number of nitrogens with one attached hydrogen (secondary N) is 2. The Bertz CT molecular complexity index is 4990. The number of carbonyl (C=O) groups is 8. The summed E-state index contributed by atoms with van der Waals surface area (Å²) in [5.41, 5.74) is -3.77. The van der Waals surface area contributed by atoms with E-state index in [0.717, 1.165) is 88.1 Å². The van der Waals surface area contributed by atoms with Gasteiger partial charge in [-0.15, -0.1) is 43.2 Å². The van der Waals surface area contributed by atoms with Crippen LogP contribution in [-0.4, -0.2) is 113 Å². The third-order valence-corrected chi connectivity index (χ3v) is 15.9. The zero-order valence-corrected chi connectivity index (χ0v) is 71.1. The van der Waals surface area contributed by atoms with Gasteiger partial charge in [-0.1, -0.05) is 84.8 Å². The van der Waals surface area contributed by atoms with Gasteiger partial charge in [0.1, 0.15) is 27.3 Å². The molecule has 0 unspecified atom stereocenters. The Morgan fingerprint density at radius 1 is 0.361 bits per heavy atom. The van der Waals surface area contributed by atoms with Crippen LogP contribution in [0, 0.1) is 83.6 Å². The molecule has 6 aromatic rings. The maximum absolute atomic E-state index is 12.9. The van der Waals surface area contributed by atoms with Gasteiger partial charge in [-0.05, 0) is 151 Å². The first-order valence-corrected chi connectivity index (χ1v) is 42.1. The fraction of sp³-hybridized carbons (Fsp3) is 0.318. The number of carboxylic acids is 1. The minimum atomic E-state index is -4.65. The van der Waals surface area contributed by atoms with Crippen molar-refractivity contribution >= 4 is 90.9 Å². The van der Waals surface area contributed by atoms with E-state index in [2.05, 4.69) is 84.6 Å². The molecule has 3 N–H and O–H groups in total. The number of hydrogen-bond acceptors (Lipinski definition) is 15. The highest BCUT2D eigenvalue weighted by molar-refractivity contribution is 9.10. The van der Waals surface area contributed by atoms with Crippen molar-refractivity contribution in [2.75, 3.05) is 21.3 Å². The Kier molecular flexibility index (Phi) is 41.4. The van der Waals surface area contributed by atoms with Crippen molar-refractivity contribution in [3.05, 3.63) is 208 Å². The molecule has 0 bridgehead atoms. The number of aromatic carboxylic acids is 1. The van der Waals surface area contributed by atoms with Crippen LogP contribution in [0.3, 0.4) is 0 Å². The van der Waals surface area contributed by atoms with E-state index in [9.17, 15) is 117 Å². The van der Waals surface area contributed by atoms with Crippen LogP contribution in [0.25, 0.3) is 0 Å². The van der Waals surface area contributed by atoms with Gasteiger partial charge < -0.3 is 39.6 Å². The lowest BCUT2D eigenvalue weighted by atomic mass is 9.99. The minimum absolute atomic E-state index is 0.0183. The summed E-state index contributed by atoms with van der Waals surface area (Å²) in [5.74, 6) is 4.14. The number of Topliss-reactive ketones (excluding diaryl/α,β-unsaturated/α-hetero) is 2. The lowest BCUT2D eigenvalue weighted by Crippen LogP contribution is -2.25. The molecule has 0 atom stereocenters. The molecule has 0 aliphatic heterocycles. The van der Waals surface area contributed by atoms with Crippen molar-refractivity contribution < 1.29 is 146 Å². The Morgan fingerprint density at radius 2 is 0.590 bits per heavy atom. The van der Waals surface area contributed by atoms with E-state index in [4.69, 9.17) is 57.5 Å². The topological polar surface area (TPSA) is 251 Å². The fourth-order valence-corrected chi connectivity index (χ4v) is 9.36. The van der Waals surface area contributed by atoms with Crippen LogP contribution in [0.15, 0.2) is 114 Å². The summed E-state index contributed by atoms with van der Waals surface area (Å²) >= 11 is 2.90. The van der Waals surface area contributed by atoms with Crippen molar-refractivity contribution in [2.45, 2.75) is 155 Å². The number of halogens is 19. The maximum atomic E-state index is 12.9. The van der Waals surface area contributed by atoms with E-state index in [-0.39, 0.29) is 71.5 Å². The van der Waals surface area contributed by atoms with Crippen LogP contribution in [0.1, 0.15) is 191 Å². The highest BCUT2D eigenvalue weighted by atomic mass is 79.9. The predicted octanol–water partition coefficient (Wildman–Crippen LogP) is 21.4. The molecule has 0 saturated heterocycles. The number of hydrogen-bond donors (Lipinski definition) is 3. The number of esters is 5. The monoisotopic (exact) mass is 1830 g/mol. The lowest BCUT2D eigenvalue weighted by Gasteiger charge is -2.19. The van der Waals surface area contributed by atoms with Gasteiger partial charge >= 0.3 is 72.9 Å². The van der Waals surface area contributed by atoms with Crippen molar-refractivity contribution in [2.24, 2.45) is 0 Å². The van der Waals surface area contributed by atoms with Gasteiger partial charge in [-0.3, -0.25) is 19.2 Å². The molecular formula is C85H79BrF18N2O14Si2. The number of alkyl halides is 18. The SMILES string of the molecule is C#C[Si](C)(C)C.C#Cc1cc(C(=O)CC(=N)CC(=O)OC(C)(C)C)cc(C(F)(F)F)c1.C#Cc1cc(C(=O)CC(=N)CC(=O)OC(C)(C)C)cc(C(F)(F)F)c1.C#Cc1cc(C(=O)O)cc(C(F)(F)F)c1.C#Cc1cc(C(=O)OC)cc(C(F)(F)F)c1.COC(=O)c1cc(Br)cc(C(F)(F)F)c1.COC(=O)c1cc(C#C[Si](C)(C)C)cc(C(F)(F)F)c1. The number of ether oxygens (including phenoxy) is 5. The highest BCUT2D eigenvalue weighted by Gasteiger charge is 2.37. The van der Waals surface area contributed by atoms with Gasteiger partial charge in [0.25, 0.3) is 0 Å². The first-order valence-electron chi connectivity index (χ1n) is 34.3. The number of carbonyl (C=O) groups excluding carboxylic acids is 7. The number of methoxy groups -OCH3 is 3. The average molecular weight is 1830 g/mol. The third-order valence-electron chi connectivity index (χ3n) is 13.7. The zero-order chi connectivity index (χ0) is 95.2. The smallest absolute Gasteiger partial charge is 0.416 e. The molecule has 122 heavy (non-hydrogen) atoms. The van der Waals surface area contributed by atoms with E-state index in [1.54, 1.807) is 41.5 Å². The molecule has 654 valence electrons. The molecule has 6 aromatic carbocycles. The van der Waals surface area contributed by atoms with Crippen LogP contribution in [0.4, 0.5) is 79.0 Å². The molecule has 6 rings (SSSR count). The summed E-state index contributed by atoms with van der Waals surface area (Å²) in [6, 6.07) is 16.1. The normalized spacial score (nSPS) is 11.3. The first-order chi connectivity index (χ1) is 55.3. The van der Waals surface area contributed by atoms with E-state index < -0.39 is 176 Å². The van der Waals surface area contributed by atoms with Crippen molar-refractivity contribution in [1.29, 1.82) is 10.8 Å². The molecule has 0 radical (unpaired) electrons. The molecule has 0 aliphatic carbocycles. The van der Waals surface area contributed by atoms with Crippen LogP contribution in [0.2, 0.25) is 39.3 Å². The van der Waals surface area contributed by atoms with Crippen LogP contribution in [0.5, 0.6) is 0 Å². The Labute approximate surface area is 701 Å². The number of rotatable bonds is 14. The summed E-state index contributed by atoms with van der Waals surface area (Å²) in [7, 11) is 0.492. The molecule has 16 nitrogen and oxygen atoms in total. The van der Waals surface area contributed by atoms with Gasteiger partial charge in [0.15, 0.2) is 11.6 Å². The Hall–Kier alpha value is -12.2. The first kappa shape index (κ1) is 110. The second kappa shape index (κ2) is 46.0. The molecule has 37 heteroatoms. The van der Waals surface area contributed by atoms with Crippen molar-refractivity contribution in [1.82, 2.24) is 0 Å². The quantitative estimate of drug-likeness (QED) is 0.0175. The van der Waals surface area contributed by atoms with Crippen LogP contribution >= 0.6 is 15.9 Å². The molecular weight excluding hydrogens is 1750 g/mol. The van der Waals surface area contributed by atoms with E-state index in [1.807, 2.05) is 25.6 Å². The van der Waals surface area contributed by atoms with Crippen molar-refractivity contribution in [3.8, 4) is 72.8 Å². The standard InChI is InChI=1S/2C18H18F3NO3.C14H15F3O2Si.C11H7F3O2.C10H5F3O2.C9H6BrF3O2.C5H10Si/c2*1-5-11-6-12(8-13(7-11)18(19,20)21)15(23)9-14(22)10-16(24)25-17(2,3)4;1-19-13(18)11-7-10(5-6-20(2,3)4)8-12(9-11)14(15,16)17;1-3-7-4-8(10(15)16-2)6-9(5-7)11(12,13)14;1-2-6-3-7(9(14)15)5-8(4-6)10(11,12)13;1-15-8(14)5-2-6(9(11,12)13)4-7(10)3-5;1-5-6(2,3)4/h2*1,6-8,22H,9-10H2,2-4H3;7-9H,1-4H3;1,4-6H,2H3;1,3-5H,(H,14,15);2-4H,1H3;1H,2-4H3. The maximum Gasteiger partial charge on any atom is 0.416 e. The molecule has 0 fully saturated rings. The predicted molar refractivity (Wildman–Crippen MR) is 426 cm³/mol. The molecule has 0 aromatic heterocycles. The number of carboxylic acid groups (broad SMARTS) is 1. The number of ketones is 2. The van der Waals surface area contributed by atoms with Crippen molar-refractivity contribution in [3.63, 3.8) is 0 Å². The molecule has 0 saturated carbocycles. The second-order valence-corrected chi connectivity index (χ2v) is 39.3. The highest BCUT2D eigenvalue weighted by Crippen LogP contribution is 2.37. The zero-order valence-electron chi connectivity index (χ0n) is 67.5. The van der Waals surface area contributed by atoms with E-state index >= 15 is 0 Å². The van der Waals surface area contributed by atoms with E-state index in [1.165, 1.54) is 18.2 Å². The number of terminal acetylenes is 5. The summed E-state index contributed by atoms with van der Waals surface area (Å²) in [5, 5.41) is 24.0. The summed E-state index contributed by atoms with van der Waals surface area (Å²) < 4.78 is 250. The summed E-state index contributed by atoms with van der Waals surface area (Å²) in [4.78, 5) is 91.6. The molecule has 0 spiro atoms.